The summed E-state index contributed by atoms with van der Waals surface area (Å²) in [5.41, 5.74) is 0.627. The summed E-state index contributed by atoms with van der Waals surface area (Å²) >= 11 is 0. The first-order chi connectivity index (χ1) is 10.2. The van der Waals surface area contributed by atoms with Gasteiger partial charge < -0.3 is 0 Å². The lowest BCUT2D eigenvalue weighted by Crippen LogP contribution is -2.53. The van der Waals surface area contributed by atoms with Gasteiger partial charge in [0.1, 0.15) is 5.82 Å². The van der Waals surface area contributed by atoms with Gasteiger partial charge in [0.2, 0.25) is 0 Å². The Balaban J connectivity index is 1.75. The molecule has 3 heteroatoms. The van der Waals surface area contributed by atoms with E-state index >= 15 is 0 Å². The second-order valence-electron chi connectivity index (χ2n) is 6.54. The predicted octanol–water partition coefficient (Wildman–Crippen LogP) is 4.05. The van der Waals surface area contributed by atoms with Crippen molar-refractivity contribution in [3.8, 4) is 0 Å². The van der Waals surface area contributed by atoms with Crippen LogP contribution in [-0.4, -0.2) is 29.3 Å². The van der Waals surface area contributed by atoms with E-state index in [9.17, 15) is 9.18 Å². The normalized spacial score (nSPS) is 27.9. The van der Waals surface area contributed by atoms with Crippen molar-refractivity contribution in [2.75, 3.05) is 6.54 Å². The third kappa shape index (κ3) is 3.03. The van der Waals surface area contributed by atoms with Crippen LogP contribution in [0.3, 0.4) is 0 Å². The Morgan fingerprint density at radius 1 is 1.14 bits per heavy atom. The number of nitrogens with zero attached hydrogens (tertiary/aromatic N) is 1. The van der Waals surface area contributed by atoms with Gasteiger partial charge in [-0.05, 0) is 69.3 Å². The van der Waals surface area contributed by atoms with Gasteiger partial charge in [0.15, 0.2) is 5.78 Å². The number of piperidine rings is 1. The zero-order chi connectivity index (χ0) is 14.8. The molecule has 1 aliphatic heterocycles. The molecular weight excluding hydrogens is 265 g/mol. The topological polar surface area (TPSA) is 20.3 Å². The Morgan fingerprint density at radius 2 is 1.81 bits per heavy atom. The third-order valence-electron chi connectivity index (χ3n) is 5.29. The molecule has 1 saturated heterocycles. The van der Waals surface area contributed by atoms with Crippen LogP contribution in [0.1, 0.15) is 55.8 Å². The summed E-state index contributed by atoms with van der Waals surface area (Å²) in [6.07, 6.45) is 7.69. The van der Waals surface area contributed by atoms with Gasteiger partial charge in [0.25, 0.3) is 0 Å². The van der Waals surface area contributed by atoms with Crippen LogP contribution < -0.4 is 0 Å². The van der Waals surface area contributed by atoms with Gasteiger partial charge in [-0.3, -0.25) is 9.69 Å². The Hall–Kier alpha value is -1.22. The first-order valence-corrected chi connectivity index (χ1v) is 8.22. The van der Waals surface area contributed by atoms with Crippen molar-refractivity contribution in [1.82, 2.24) is 4.90 Å². The fraction of sp³-hybridized carbons (Fsp3) is 0.611. The lowest BCUT2D eigenvalue weighted by atomic mass is 9.77. The second-order valence-corrected chi connectivity index (χ2v) is 6.54. The van der Waals surface area contributed by atoms with Crippen molar-refractivity contribution in [3.63, 3.8) is 0 Å². The Labute approximate surface area is 126 Å². The Bertz CT molecular complexity index is 496. The molecule has 2 nitrogen and oxygen atoms in total. The van der Waals surface area contributed by atoms with Crippen LogP contribution in [0.4, 0.5) is 4.39 Å². The van der Waals surface area contributed by atoms with Crippen LogP contribution in [0, 0.1) is 11.7 Å². The number of Topliss-reactive ketones (excluding diaryl/α,β-unsaturated/α-hetero) is 1. The molecule has 3 atom stereocenters. The summed E-state index contributed by atoms with van der Waals surface area (Å²) in [6, 6.07) is 6.44. The van der Waals surface area contributed by atoms with Crippen LogP contribution in [0.5, 0.6) is 0 Å². The van der Waals surface area contributed by atoms with Crippen molar-refractivity contribution >= 4 is 5.78 Å². The standard InChI is InChI=1S/C18H24FNO/c1-13(18(21)15-8-10-16(19)11-9-15)20-12-4-6-14-5-2-3-7-17(14)20/h8-11,13-14,17H,2-7,12H2,1H3/t13?,14-,17-/m1/s1. The number of benzene rings is 1. The number of rotatable bonds is 3. The van der Waals surface area contributed by atoms with Crippen LogP contribution in [-0.2, 0) is 0 Å². The number of fused-ring (bicyclic) bond motifs is 1. The minimum Gasteiger partial charge on any atom is -0.292 e. The molecule has 0 spiro atoms. The predicted molar refractivity (Wildman–Crippen MR) is 81.9 cm³/mol. The van der Waals surface area contributed by atoms with Gasteiger partial charge in [0, 0.05) is 11.6 Å². The highest BCUT2D eigenvalue weighted by atomic mass is 19.1. The fourth-order valence-electron chi connectivity index (χ4n) is 4.15. The SMILES string of the molecule is CC(C(=O)c1ccc(F)cc1)N1CCC[C@H]2CCCC[C@H]21. The van der Waals surface area contributed by atoms with E-state index in [4.69, 9.17) is 0 Å². The summed E-state index contributed by atoms with van der Waals surface area (Å²) in [6.45, 7) is 3.04. The van der Waals surface area contributed by atoms with Crippen LogP contribution >= 0.6 is 0 Å². The molecule has 1 aliphatic carbocycles. The van der Waals surface area contributed by atoms with E-state index in [1.54, 1.807) is 12.1 Å². The highest BCUT2D eigenvalue weighted by molar-refractivity contribution is 5.99. The molecule has 0 radical (unpaired) electrons. The molecule has 0 amide bonds. The van der Waals surface area contributed by atoms with Crippen molar-refractivity contribution in [1.29, 1.82) is 0 Å². The zero-order valence-electron chi connectivity index (χ0n) is 12.7. The number of halogens is 1. The van der Waals surface area contributed by atoms with Crippen molar-refractivity contribution in [3.05, 3.63) is 35.6 Å². The fourth-order valence-corrected chi connectivity index (χ4v) is 4.15. The monoisotopic (exact) mass is 289 g/mol. The summed E-state index contributed by atoms with van der Waals surface area (Å²) in [7, 11) is 0. The minimum atomic E-state index is -0.287. The minimum absolute atomic E-state index is 0.0960. The molecule has 0 bridgehead atoms. The van der Waals surface area contributed by atoms with E-state index in [-0.39, 0.29) is 17.6 Å². The molecule has 1 saturated carbocycles. The quantitative estimate of drug-likeness (QED) is 0.782. The highest BCUT2D eigenvalue weighted by Crippen LogP contribution is 2.36. The number of ketones is 1. The summed E-state index contributed by atoms with van der Waals surface area (Å²) in [5.74, 6) is 0.613. The molecule has 0 N–H and O–H groups in total. The average Bonchev–Trinajstić information content (AvgIpc) is 2.53. The maximum Gasteiger partial charge on any atom is 0.179 e. The van der Waals surface area contributed by atoms with E-state index in [1.807, 2.05) is 6.92 Å². The lowest BCUT2D eigenvalue weighted by molar-refractivity contribution is 0.0297. The summed E-state index contributed by atoms with van der Waals surface area (Å²) in [5, 5.41) is 0. The zero-order valence-corrected chi connectivity index (χ0v) is 12.7. The largest absolute Gasteiger partial charge is 0.292 e. The highest BCUT2D eigenvalue weighted by Gasteiger charge is 2.37. The maximum absolute atomic E-state index is 13.0. The number of hydrogen-bond donors (Lipinski definition) is 0. The number of carbonyl (C=O) groups is 1. The molecule has 2 aliphatic rings. The Morgan fingerprint density at radius 3 is 2.57 bits per heavy atom. The molecule has 1 aromatic rings. The van der Waals surface area contributed by atoms with E-state index < -0.39 is 0 Å². The number of carbonyl (C=O) groups excluding carboxylic acids is 1. The van der Waals surface area contributed by atoms with Crippen molar-refractivity contribution in [2.45, 2.75) is 57.5 Å². The van der Waals surface area contributed by atoms with Crippen LogP contribution in [0.2, 0.25) is 0 Å². The third-order valence-corrected chi connectivity index (χ3v) is 5.29. The van der Waals surface area contributed by atoms with Gasteiger partial charge in [-0.25, -0.2) is 4.39 Å². The second kappa shape index (κ2) is 6.27. The van der Waals surface area contributed by atoms with Gasteiger partial charge >= 0.3 is 0 Å². The molecule has 1 unspecified atom stereocenters. The van der Waals surface area contributed by atoms with Crippen molar-refractivity contribution in [2.24, 2.45) is 5.92 Å². The molecule has 114 valence electrons. The van der Waals surface area contributed by atoms with Gasteiger partial charge in [-0.15, -0.1) is 0 Å². The van der Waals surface area contributed by atoms with Gasteiger partial charge in [-0.2, -0.15) is 0 Å². The summed E-state index contributed by atoms with van der Waals surface area (Å²) in [4.78, 5) is 15.1. The maximum atomic E-state index is 13.0. The number of likely N-dealkylation sites (tertiary alicyclic amines) is 1. The molecular formula is C18H24FNO. The average molecular weight is 289 g/mol. The Kier molecular flexibility index (Phi) is 4.39. The molecule has 1 heterocycles. The van der Waals surface area contributed by atoms with E-state index in [1.165, 1.54) is 50.7 Å². The first kappa shape index (κ1) is 14.7. The van der Waals surface area contributed by atoms with Crippen molar-refractivity contribution < 1.29 is 9.18 Å². The molecule has 21 heavy (non-hydrogen) atoms. The van der Waals surface area contributed by atoms with Crippen LogP contribution in [0.15, 0.2) is 24.3 Å². The van der Waals surface area contributed by atoms with E-state index in [0.717, 1.165) is 12.5 Å². The van der Waals surface area contributed by atoms with Gasteiger partial charge in [-0.1, -0.05) is 12.8 Å². The molecule has 0 aromatic heterocycles. The molecule has 1 aromatic carbocycles. The molecule has 2 fully saturated rings. The lowest BCUT2D eigenvalue weighted by Gasteiger charge is -2.46. The van der Waals surface area contributed by atoms with Gasteiger partial charge in [0.05, 0.1) is 6.04 Å². The molecule has 3 rings (SSSR count). The van der Waals surface area contributed by atoms with E-state index in [2.05, 4.69) is 4.90 Å². The van der Waals surface area contributed by atoms with Crippen LogP contribution in [0.25, 0.3) is 0 Å². The summed E-state index contributed by atoms with van der Waals surface area (Å²) < 4.78 is 13.0. The number of hydrogen-bond acceptors (Lipinski definition) is 2. The van der Waals surface area contributed by atoms with E-state index in [0.29, 0.717) is 11.6 Å². The first-order valence-electron chi connectivity index (χ1n) is 8.22. The smallest absolute Gasteiger partial charge is 0.179 e.